The zero-order valence-corrected chi connectivity index (χ0v) is 18.0. The molecule has 2 aromatic carbocycles. The number of likely N-dealkylation sites (N-methyl/N-ethyl adjacent to an activating group) is 1. The van der Waals surface area contributed by atoms with Gasteiger partial charge in [-0.2, -0.15) is 5.10 Å². The van der Waals surface area contributed by atoms with Crippen molar-refractivity contribution < 1.29 is 14.0 Å². The Kier molecular flexibility index (Phi) is 6.61. The summed E-state index contributed by atoms with van der Waals surface area (Å²) in [5.41, 5.74) is 2.01. The van der Waals surface area contributed by atoms with Gasteiger partial charge in [0.05, 0.1) is 24.0 Å². The highest BCUT2D eigenvalue weighted by Gasteiger charge is 2.25. The third kappa shape index (κ3) is 5.03. The minimum atomic E-state index is -0.507. The Hall–Kier alpha value is -3.52. The van der Waals surface area contributed by atoms with Gasteiger partial charge >= 0.3 is 0 Å². The Morgan fingerprint density at radius 1 is 1.00 bits per heavy atom. The van der Waals surface area contributed by atoms with Crippen LogP contribution in [-0.2, 0) is 11.3 Å². The van der Waals surface area contributed by atoms with E-state index in [2.05, 4.69) is 5.10 Å². The van der Waals surface area contributed by atoms with Crippen molar-refractivity contribution in [2.75, 3.05) is 39.8 Å². The number of hydrogen-bond acceptors (Lipinski definition) is 4. The fourth-order valence-electron chi connectivity index (χ4n) is 3.75. The molecule has 0 bridgehead atoms. The van der Waals surface area contributed by atoms with Gasteiger partial charge in [0.15, 0.2) is 0 Å². The predicted molar refractivity (Wildman–Crippen MR) is 119 cm³/mol. The summed E-state index contributed by atoms with van der Waals surface area (Å²) in [6.07, 6.45) is 3.69. The van der Waals surface area contributed by atoms with Gasteiger partial charge in [-0.05, 0) is 24.3 Å². The number of rotatable bonds is 6. The van der Waals surface area contributed by atoms with E-state index in [1.807, 2.05) is 41.4 Å². The Morgan fingerprint density at radius 3 is 2.41 bits per heavy atom. The molecule has 7 nitrogen and oxygen atoms in total. The lowest BCUT2D eigenvalue weighted by molar-refractivity contribution is -0.132. The summed E-state index contributed by atoms with van der Waals surface area (Å²) in [6.45, 7) is 2.84. The van der Waals surface area contributed by atoms with E-state index in [1.54, 1.807) is 39.9 Å². The minimum absolute atomic E-state index is 0.00587. The van der Waals surface area contributed by atoms with Gasteiger partial charge in [0.25, 0.3) is 5.91 Å². The molecule has 0 spiro atoms. The van der Waals surface area contributed by atoms with Crippen molar-refractivity contribution in [3.63, 3.8) is 0 Å². The molecule has 2 heterocycles. The molecule has 0 saturated carbocycles. The first kappa shape index (κ1) is 21.7. The lowest BCUT2D eigenvalue weighted by atomic mass is 10.1. The van der Waals surface area contributed by atoms with Crippen molar-refractivity contribution in [3.05, 3.63) is 83.9 Å². The molecule has 0 atom stereocenters. The number of hydrogen-bond donors (Lipinski definition) is 0. The van der Waals surface area contributed by atoms with Crippen molar-refractivity contribution in [2.45, 2.75) is 6.54 Å². The topological polar surface area (TPSA) is 61.7 Å². The summed E-state index contributed by atoms with van der Waals surface area (Å²) in [6, 6.07) is 15.8. The van der Waals surface area contributed by atoms with Gasteiger partial charge in [0, 0.05) is 51.5 Å². The van der Waals surface area contributed by atoms with Crippen LogP contribution in [0, 0.1) is 5.82 Å². The molecule has 32 heavy (non-hydrogen) atoms. The number of amides is 2. The van der Waals surface area contributed by atoms with Gasteiger partial charge in [0.1, 0.15) is 5.82 Å². The number of carbonyl (C=O) groups excluding carboxylic acids is 2. The highest BCUT2D eigenvalue weighted by molar-refractivity contribution is 5.94. The molecule has 0 aliphatic carbocycles. The first-order valence-corrected chi connectivity index (χ1v) is 10.6. The average molecular weight is 436 g/mol. The van der Waals surface area contributed by atoms with Crippen LogP contribution in [-0.4, -0.2) is 76.1 Å². The Labute approximate surface area is 186 Å². The molecule has 4 rings (SSSR count). The quantitative estimate of drug-likeness (QED) is 0.597. The van der Waals surface area contributed by atoms with Gasteiger partial charge in [-0.1, -0.05) is 30.3 Å². The van der Waals surface area contributed by atoms with Crippen LogP contribution in [0.1, 0.15) is 15.9 Å². The molecule has 8 heteroatoms. The number of nitrogens with zero attached hydrogens (tertiary/aromatic N) is 5. The minimum Gasteiger partial charge on any atom is -0.340 e. The Bertz CT molecular complexity index is 1080. The van der Waals surface area contributed by atoms with Crippen molar-refractivity contribution in [2.24, 2.45) is 0 Å². The molecular formula is C24H26FN5O2. The lowest BCUT2D eigenvalue weighted by Crippen LogP contribution is -2.51. The molecule has 1 aromatic heterocycles. The van der Waals surface area contributed by atoms with E-state index in [1.165, 1.54) is 12.1 Å². The zero-order valence-electron chi connectivity index (χ0n) is 18.0. The van der Waals surface area contributed by atoms with Crippen molar-refractivity contribution in [3.8, 4) is 5.69 Å². The normalized spacial score (nSPS) is 14.4. The SMILES string of the molecule is CN(Cc1cnn(-c2ccccc2)c1)C(=O)CN1CCN(C(=O)c2ccccc2F)CC1. The summed E-state index contributed by atoms with van der Waals surface area (Å²) in [7, 11) is 1.78. The molecule has 0 N–H and O–H groups in total. The molecule has 0 radical (unpaired) electrons. The van der Waals surface area contributed by atoms with Crippen LogP contribution in [0.25, 0.3) is 5.69 Å². The van der Waals surface area contributed by atoms with Crippen LogP contribution in [0.5, 0.6) is 0 Å². The van der Waals surface area contributed by atoms with E-state index in [0.717, 1.165) is 11.3 Å². The molecule has 2 amide bonds. The number of carbonyl (C=O) groups is 2. The van der Waals surface area contributed by atoms with Gasteiger partial charge in [-0.15, -0.1) is 0 Å². The number of benzene rings is 2. The summed E-state index contributed by atoms with van der Waals surface area (Å²) < 4.78 is 15.7. The van der Waals surface area contributed by atoms with Crippen LogP contribution in [0.4, 0.5) is 4.39 Å². The molecular weight excluding hydrogens is 409 g/mol. The second kappa shape index (κ2) is 9.74. The number of halogens is 1. The lowest BCUT2D eigenvalue weighted by Gasteiger charge is -2.35. The molecule has 0 unspecified atom stereocenters. The summed E-state index contributed by atoms with van der Waals surface area (Å²) >= 11 is 0. The number of piperazine rings is 1. The number of para-hydroxylation sites is 1. The van der Waals surface area contributed by atoms with E-state index in [-0.39, 0.29) is 23.9 Å². The monoisotopic (exact) mass is 435 g/mol. The molecule has 166 valence electrons. The maximum atomic E-state index is 13.9. The molecule has 3 aromatic rings. The summed E-state index contributed by atoms with van der Waals surface area (Å²) in [4.78, 5) is 30.6. The second-order valence-corrected chi connectivity index (χ2v) is 7.93. The van der Waals surface area contributed by atoms with E-state index < -0.39 is 5.82 Å². The standard InChI is InChI=1S/C24H26FN5O2/c1-27(16-19-15-26-30(17-19)20-7-3-2-4-8-20)23(31)18-28-11-13-29(14-12-28)24(32)21-9-5-6-10-22(21)25/h2-10,15,17H,11-14,16,18H2,1H3. The van der Waals surface area contributed by atoms with Crippen molar-refractivity contribution >= 4 is 11.8 Å². The predicted octanol–water partition coefficient (Wildman–Crippen LogP) is 2.43. The van der Waals surface area contributed by atoms with E-state index in [4.69, 9.17) is 0 Å². The average Bonchev–Trinajstić information content (AvgIpc) is 3.28. The van der Waals surface area contributed by atoms with Crippen LogP contribution in [0.2, 0.25) is 0 Å². The van der Waals surface area contributed by atoms with Gasteiger partial charge in [-0.25, -0.2) is 9.07 Å². The van der Waals surface area contributed by atoms with Gasteiger partial charge < -0.3 is 9.80 Å². The smallest absolute Gasteiger partial charge is 0.256 e. The fourth-order valence-corrected chi connectivity index (χ4v) is 3.75. The second-order valence-electron chi connectivity index (χ2n) is 7.93. The Balaban J connectivity index is 1.26. The molecule has 1 aliphatic rings. The van der Waals surface area contributed by atoms with Gasteiger partial charge in [-0.3, -0.25) is 14.5 Å². The largest absolute Gasteiger partial charge is 0.340 e. The third-order valence-electron chi connectivity index (χ3n) is 5.62. The molecule has 1 aliphatic heterocycles. The van der Waals surface area contributed by atoms with Crippen LogP contribution in [0.3, 0.4) is 0 Å². The van der Waals surface area contributed by atoms with Crippen molar-refractivity contribution in [1.82, 2.24) is 24.5 Å². The third-order valence-corrected chi connectivity index (χ3v) is 5.62. The van der Waals surface area contributed by atoms with Crippen LogP contribution >= 0.6 is 0 Å². The molecule has 1 fully saturated rings. The summed E-state index contributed by atoms with van der Waals surface area (Å²) in [5, 5.41) is 4.37. The fraction of sp³-hybridized carbons (Fsp3) is 0.292. The van der Waals surface area contributed by atoms with E-state index in [9.17, 15) is 14.0 Å². The molecule has 1 saturated heterocycles. The van der Waals surface area contributed by atoms with Crippen molar-refractivity contribution in [1.29, 1.82) is 0 Å². The van der Waals surface area contributed by atoms with Gasteiger partial charge in [0.2, 0.25) is 5.91 Å². The highest BCUT2D eigenvalue weighted by Crippen LogP contribution is 2.13. The van der Waals surface area contributed by atoms with Crippen LogP contribution in [0.15, 0.2) is 67.0 Å². The van der Waals surface area contributed by atoms with Crippen LogP contribution < -0.4 is 0 Å². The van der Waals surface area contributed by atoms with E-state index >= 15 is 0 Å². The number of aromatic nitrogens is 2. The first-order valence-electron chi connectivity index (χ1n) is 10.6. The maximum Gasteiger partial charge on any atom is 0.256 e. The maximum absolute atomic E-state index is 13.9. The Morgan fingerprint density at radius 2 is 1.69 bits per heavy atom. The zero-order chi connectivity index (χ0) is 22.5. The summed E-state index contributed by atoms with van der Waals surface area (Å²) in [5.74, 6) is -0.805. The first-order chi connectivity index (χ1) is 15.5. The highest BCUT2D eigenvalue weighted by atomic mass is 19.1. The van der Waals surface area contributed by atoms with E-state index in [0.29, 0.717) is 32.7 Å².